The lowest BCUT2D eigenvalue weighted by molar-refractivity contribution is 0.300. The highest BCUT2D eigenvalue weighted by Crippen LogP contribution is 2.31. The maximum Gasteiger partial charge on any atom is 0.237 e. The minimum Gasteiger partial charge on any atom is -0.490 e. The van der Waals surface area contributed by atoms with E-state index in [0.29, 0.717) is 23.7 Å². The largest absolute Gasteiger partial charge is 0.490 e. The summed E-state index contributed by atoms with van der Waals surface area (Å²) in [6.45, 7) is 2.66. The molecule has 0 radical (unpaired) electrons. The third kappa shape index (κ3) is 3.23. The fourth-order valence-electron chi connectivity index (χ4n) is 1.53. The first kappa shape index (κ1) is 12.9. The van der Waals surface area contributed by atoms with Gasteiger partial charge in [0, 0.05) is 6.20 Å². The Morgan fingerprint density at radius 2 is 1.95 bits per heavy atom. The van der Waals surface area contributed by atoms with Crippen LogP contribution in [0.1, 0.15) is 18.9 Å². The van der Waals surface area contributed by atoms with Crippen molar-refractivity contribution in [2.75, 3.05) is 6.61 Å². The molecule has 0 saturated heterocycles. The normalized spacial score (nSPS) is 9.68. The molecule has 96 valence electrons. The average Bonchev–Trinajstić information content (AvgIpc) is 2.47. The lowest BCUT2D eigenvalue weighted by atomic mass is 10.3. The van der Waals surface area contributed by atoms with E-state index in [9.17, 15) is 0 Å². The van der Waals surface area contributed by atoms with E-state index in [-0.39, 0.29) is 5.88 Å². The number of para-hydroxylation sites is 2. The van der Waals surface area contributed by atoms with Gasteiger partial charge in [-0.25, -0.2) is 4.98 Å². The Kier molecular flexibility index (Phi) is 4.35. The van der Waals surface area contributed by atoms with Crippen molar-refractivity contribution in [2.45, 2.75) is 13.3 Å². The summed E-state index contributed by atoms with van der Waals surface area (Å²) in [6.07, 6.45) is 2.51. The van der Waals surface area contributed by atoms with Crippen LogP contribution >= 0.6 is 0 Å². The van der Waals surface area contributed by atoms with E-state index >= 15 is 0 Å². The Morgan fingerprint density at radius 3 is 2.68 bits per heavy atom. The van der Waals surface area contributed by atoms with Gasteiger partial charge in [-0.2, -0.15) is 5.26 Å². The summed E-state index contributed by atoms with van der Waals surface area (Å²) < 4.78 is 11.3. The topological polar surface area (TPSA) is 55.1 Å². The van der Waals surface area contributed by atoms with Crippen LogP contribution in [-0.2, 0) is 0 Å². The van der Waals surface area contributed by atoms with Crippen molar-refractivity contribution in [1.29, 1.82) is 5.26 Å². The molecule has 4 heteroatoms. The van der Waals surface area contributed by atoms with E-state index in [1.54, 1.807) is 24.4 Å². The fourth-order valence-corrected chi connectivity index (χ4v) is 1.53. The second kappa shape index (κ2) is 6.41. The Hall–Kier alpha value is -2.54. The SMILES string of the molecule is CCCOc1ccccc1Oc1ncccc1C#N. The van der Waals surface area contributed by atoms with Gasteiger partial charge in [-0.15, -0.1) is 0 Å². The van der Waals surface area contributed by atoms with Crippen molar-refractivity contribution >= 4 is 0 Å². The van der Waals surface area contributed by atoms with Crippen molar-refractivity contribution in [3.8, 4) is 23.4 Å². The van der Waals surface area contributed by atoms with Gasteiger partial charge in [-0.05, 0) is 30.7 Å². The number of benzene rings is 1. The Morgan fingerprint density at radius 1 is 1.16 bits per heavy atom. The van der Waals surface area contributed by atoms with Crippen LogP contribution in [0.3, 0.4) is 0 Å². The molecule has 1 aromatic heterocycles. The zero-order valence-corrected chi connectivity index (χ0v) is 10.7. The number of rotatable bonds is 5. The quantitative estimate of drug-likeness (QED) is 0.819. The molecule has 2 aromatic rings. The molecule has 0 aliphatic heterocycles. The van der Waals surface area contributed by atoms with Gasteiger partial charge in [0.25, 0.3) is 0 Å². The van der Waals surface area contributed by atoms with Gasteiger partial charge in [0.15, 0.2) is 11.5 Å². The molecule has 1 heterocycles. The van der Waals surface area contributed by atoms with Gasteiger partial charge in [0.1, 0.15) is 11.6 Å². The number of pyridine rings is 1. The molecule has 0 amide bonds. The molecule has 1 aromatic carbocycles. The monoisotopic (exact) mass is 254 g/mol. The minimum atomic E-state index is 0.289. The van der Waals surface area contributed by atoms with Crippen LogP contribution in [0.2, 0.25) is 0 Å². The van der Waals surface area contributed by atoms with Crippen LogP contribution in [0.4, 0.5) is 0 Å². The van der Waals surface area contributed by atoms with Gasteiger partial charge in [-0.1, -0.05) is 19.1 Å². The van der Waals surface area contributed by atoms with Gasteiger partial charge >= 0.3 is 0 Å². The van der Waals surface area contributed by atoms with Crippen LogP contribution in [0.5, 0.6) is 17.4 Å². The molecule has 0 atom stereocenters. The van der Waals surface area contributed by atoms with Crippen LogP contribution in [0.15, 0.2) is 42.6 Å². The first-order chi connectivity index (χ1) is 9.35. The summed E-state index contributed by atoms with van der Waals surface area (Å²) in [7, 11) is 0. The van der Waals surface area contributed by atoms with Crippen molar-refractivity contribution in [2.24, 2.45) is 0 Å². The second-order valence-corrected chi connectivity index (χ2v) is 3.87. The van der Waals surface area contributed by atoms with Crippen molar-refractivity contribution in [3.05, 3.63) is 48.2 Å². The minimum absolute atomic E-state index is 0.289. The van der Waals surface area contributed by atoms with Crippen molar-refractivity contribution < 1.29 is 9.47 Å². The number of nitriles is 1. The Labute approximate surface area is 112 Å². The first-order valence-electron chi connectivity index (χ1n) is 6.10. The number of hydrogen-bond acceptors (Lipinski definition) is 4. The number of hydrogen-bond donors (Lipinski definition) is 0. The van der Waals surface area contributed by atoms with Crippen LogP contribution in [0, 0.1) is 11.3 Å². The fraction of sp³-hybridized carbons (Fsp3) is 0.200. The lowest BCUT2D eigenvalue weighted by Gasteiger charge is -2.11. The highest BCUT2D eigenvalue weighted by atomic mass is 16.5. The smallest absolute Gasteiger partial charge is 0.237 e. The Bertz CT molecular complexity index is 591. The summed E-state index contributed by atoms with van der Waals surface area (Å²) in [5, 5.41) is 9.01. The predicted octanol–water partition coefficient (Wildman–Crippen LogP) is 3.53. The van der Waals surface area contributed by atoms with Gasteiger partial charge in [-0.3, -0.25) is 0 Å². The van der Waals surface area contributed by atoms with E-state index in [4.69, 9.17) is 14.7 Å². The lowest BCUT2D eigenvalue weighted by Crippen LogP contribution is -1.98. The van der Waals surface area contributed by atoms with Crippen molar-refractivity contribution in [3.63, 3.8) is 0 Å². The number of nitrogens with zero attached hydrogens (tertiary/aromatic N) is 2. The van der Waals surface area contributed by atoms with E-state index in [0.717, 1.165) is 6.42 Å². The maximum absolute atomic E-state index is 9.01. The molecule has 0 aliphatic carbocycles. The van der Waals surface area contributed by atoms with E-state index < -0.39 is 0 Å². The molecular formula is C15H14N2O2. The van der Waals surface area contributed by atoms with Crippen LogP contribution in [-0.4, -0.2) is 11.6 Å². The van der Waals surface area contributed by atoms with Crippen LogP contribution in [0.25, 0.3) is 0 Å². The molecule has 0 aliphatic rings. The Balaban J connectivity index is 2.26. The molecule has 19 heavy (non-hydrogen) atoms. The van der Waals surface area contributed by atoms with Gasteiger partial charge < -0.3 is 9.47 Å². The van der Waals surface area contributed by atoms with E-state index in [2.05, 4.69) is 11.1 Å². The predicted molar refractivity (Wildman–Crippen MR) is 71.3 cm³/mol. The zero-order valence-electron chi connectivity index (χ0n) is 10.7. The molecular weight excluding hydrogens is 240 g/mol. The molecule has 0 N–H and O–H groups in total. The molecule has 0 fully saturated rings. The molecule has 4 nitrogen and oxygen atoms in total. The zero-order chi connectivity index (χ0) is 13.5. The third-order valence-electron chi connectivity index (χ3n) is 2.41. The highest BCUT2D eigenvalue weighted by molar-refractivity contribution is 5.45. The maximum atomic E-state index is 9.01. The molecule has 0 spiro atoms. The second-order valence-electron chi connectivity index (χ2n) is 3.87. The number of ether oxygens (including phenoxy) is 2. The number of aromatic nitrogens is 1. The summed E-state index contributed by atoms with van der Waals surface area (Å²) in [4.78, 5) is 4.07. The van der Waals surface area contributed by atoms with Crippen LogP contribution < -0.4 is 9.47 Å². The van der Waals surface area contributed by atoms with Gasteiger partial charge in [0.05, 0.1) is 6.61 Å². The molecule has 0 unspecified atom stereocenters. The van der Waals surface area contributed by atoms with E-state index in [1.165, 1.54) is 0 Å². The summed E-state index contributed by atoms with van der Waals surface area (Å²) >= 11 is 0. The first-order valence-corrected chi connectivity index (χ1v) is 6.10. The summed E-state index contributed by atoms with van der Waals surface area (Å²) in [5.74, 6) is 1.50. The average molecular weight is 254 g/mol. The molecule has 0 bridgehead atoms. The standard InChI is InChI=1S/C15H14N2O2/c1-2-10-18-13-7-3-4-8-14(13)19-15-12(11-16)6-5-9-17-15/h3-9H,2,10H2,1H3. The highest BCUT2D eigenvalue weighted by Gasteiger charge is 2.09. The molecule has 0 saturated carbocycles. The molecule has 2 rings (SSSR count). The summed E-state index contributed by atoms with van der Waals surface area (Å²) in [5.41, 5.74) is 0.396. The summed E-state index contributed by atoms with van der Waals surface area (Å²) in [6, 6.07) is 12.8. The van der Waals surface area contributed by atoms with Crippen molar-refractivity contribution in [1.82, 2.24) is 4.98 Å². The van der Waals surface area contributed by atoms with E-state index in [1.807, 2.05) is 25.1 Å². The van der Waals surface area contributed by atoms with Gasteiger partial charge in [0.2, 0.25) is 5.88 Å². The third-order valence-corrected chi connectivity index (χ3v) is 2.41.